The molecule has 0 spiro atoms. The highest BCUT2D eigenvalue weighted by atomic mass is 32.2. The SMILES string of the molecule is Cc1cccc(S(=O)(=O)NC/C(N)=N/O)c1. The van der Waals surface area contributed by atoms with Gasteiger partial charge in [-0.1, -0.05) is 17.3 Å². The Morgan fingerprint density at radius 2 is 2.25 bits per heavy atom. The summed E-state index contributed by atoms with van der Waals surface area (Å²) in [6.07, 6.45) is 0. The van der Waals surface area contributed by atoms with Crippen molar-refractivity contribution >= 4 is 15.9 Å². The van der Waals surface area contributed by atoms with Crippen molar-refractivity contribution in [2.75, 3.05) is 6.54 Å². The van der Waals surface area contributed by atoms with E-state index in [2.05, 4.69) is 9.88 Å². The van der Waals surface area contributed by atoms with E-state index in [1.807, 2.05) is 0 Å². The van der Waals surface area contributed by atoms with Crippen molar-refractivity contribution in [3.05, 3.63) is 29.8 Å². The van der Waals surface area contributed by atoms with Crippen LogP contribution in [-0.2, 0) is 10.0 Å². The molecule has 0 fully saturated rings. The van der Waals surface area contributed by atoms with Crippen molar-refractivity contribution < 1.29 is 13.6 Å². The van der Waals surface area contributed by atoms with Crippen molar-refractivity contribution in [2.45, 2.75) is 11.8 Å². The number of sulfonamides is 1. The zero-order valence-electron chi connectivity index (χ0n) is 8.71. The van der Waals surface area contributed by atoms with E-state index in [1.165, 1.54) is 12.1 Å². The lowest BCUT2D eigenvalue weighted by atomic mass is 10.2. The zero-order chi connectivity index (χ0) is 12.2. The standard InChI is InChI=1S/C9H13N3O3S/c1-7-3-2-4-8(5-7)16(14,15)11-6-9(10)12-13/h2-5,11,13H,6H2,1H3,(H2,10,12). The number of rotatable bonds is 4. The molecule has 0 saturated heterocycles. The van der Waals surface area contributed by atoms with Gasteiger partial charge in [-0.2, -0.15) is 0 Å². The molecular formula is C9H13N3O3S. The first-order valence-corrected chi connectivity index (χ1v) is 5.97. The van der Waals surface area contributed by atoms with Crippen LogP contribution in [0.15, 0.2) is 34.3 Å². The Labute approximate surface area is 93.8 Å². The number of nitrogens with one attached hydrogen (secondary N) is 1. The highest BCUT2D eigenvalue weighted by molar-refractivity contribution is 7.89. The molecule has 1 aromatic carbocycles. The van der Waals surface area contributed by atoms with E-state index in [-0.39, 0.29) is 17.3 Å². The summed E-state index contributed by atoms with van der Waals surface area (Å²) < 4.78 is 25.6. The summed E-state index contributed by atoms with van der Waals surface area (Å²) in [6, 6.07) is 6.45. The topological polar surface area (TPSA) is 105 Å². The van der Waals surface area contributed by atoms with Gasteiger partial charge < -0.3 is 10.9 Å². The summed E-state index contributed by atoms with van der Waals surface area (Å²) in [5.41, 5.74) is 6.00. The fourth-order valence-corrected chi connectivity index (χ4v) is 2.17. The molecule has 4 N–H and O–H groups in total. The Hall–Kier alpha value is -1.60. The van der Waals surface area contributed by atoms with E-state index in [4.69, 9.17) is 10.9 Å². The molecule has 0 radical (unpaired) electrons. The number of amidine groups is 1. The maximum atomic E-state index is 11.7. The van der Waals surface area contributed by atoms with Crippen molar-refractivity contribution in [1.29, 1.82) is 0 Å². The van der Waals surface area contributed by atoms with Crippen LogP contribution in [-0.4, -0.2) is 26.0 Å². The summed E-state index contributed by atoms with van der Waals surface area (Å²) in [6.45, 7) is 1.56. The third-order valence-corrected chi connectivity index (χ3v) is 3.27. The Bertz CT molecular complexity index is 496. The lowest BCUT2D eigenvalue weighted by Gasteiger charge is -2.06. The minimum Gasteiger partial charge on any atom is -0.409 e. The molecule has 1 aromatic rings. The number of oxime groups is 1. The molecule has 0 unspecified atom stereocenters. The molecule has 0 atom stereocenters. The van der Waals surface area contributed by atoms with Crippen LogP contribution in [0.25, 0.3) is 0 Å². The van der Waals surface area contributed by atoms with Crippen LogP contribution in [0, 0.1) is 6.92 Å². The van der Waals surface area contributed by atoms with Gasteiger partial charge in [0.25, 0.3) is 0 Å². The molecule has 0 aliphatic carbocycles. The van der Waals surface area contributed by atoms with E-state index in [9.17, 15) is 8.42 Å². The number of hydrogen-bond donors (Lipinski definition) is 3. The first-order valence-electron chi connectivity index (χ1n) is 4.48. The van der Waals surface area contributed by atoms with Gasteiger partial charge in [0.05, 0.1) is 11.4 Å². The third kappa shape index (κ3) is 3.21. The second kappa shape index (κ2) is 4.95. The van der Waals surface area contributed by atoms with Crippen LogP contribution in [0.5, 0.6) is 0 Å². The van der Waals surface area contributed by atoms with Gasteiger partial charge in [-0.15, -0.1) is 0 Å². The van der Waals surface area contributed by atoms with Crippen molar-refractivity contribution in [3.8, 4) is 0 Å². The Morgan fingerprint density at radius 1 is 1.56 bits per heavy atom. The van der Waals surface area contributed by atoms with Crippen LogP contribution >= 0.6 is 0 Å². The predicted molar refractivity (Wildman–Crippen MR) is 59.8 cm³/mol. The first kappa shape index (κ1) is 12.5. The monoisotopic (exact) mass is 243 g/mol. The molecule has 0 aliphatic heterocycles. The smallest absolute Gasteiger partial charge is 0.240 e. The molecule has 7 heteroatoms. The molecule has 1 rings (SSSR count). The number of aryl methyl sites for hydroxylation is 1. The van der Waals surface area contributed by atoms with Gasteiger partial charge >= 0.3 is 0 Å². The van der Waals surface area contributed by atoms with Gasteiger partial charge in [-0.25, -0.2) is 13.1 Å². The summed E-state index contributed by atoms with van der Waals surface area (Å²) >= 11 is 0. The largest absolute Gasteiger partial charge is 0.409 e. The van der Waals surface area contributed by atoms with Crippen LogP contribution in [0.4, 0.5) is 0 Å². The van der Waals surface area contributed by atoms with Crippen LogP contribution in [0.2, 0.25) is 0 Å². The minimum absolute atomic E-state index is 0.151. The van der Waals surface area contributed by atoms with Crippen LogP contribution in [0.3, 0.4) is 0 Å². The molecule has 0 heterocycles. The van der Waals surface area contributed by atoms with E-state index in [0.717, 1.165) is 5.56 Å². The summed E-state index contributed by atoms with van der Waals surface area (Å²) in [4.78, 5) is 0.151. The van der Waals surface area contributed by atoms with Gasteiger partial charge in [-0.05, 0) is 24.6 Å². The van der Waals surface area contributed by atoms with E-state index in [1.54, 1.807) is 19.1 Å². The lowest BCUT2D eigenvalue weighted by Crippen LogP contribution is -2.33. The maximum Gasteiger partial charge on any atom is 0.240 e. The van der Waals surface area contributed by atoms with E-state index >= 15 is 0 Å². The van der Waals surface area contributed by atoms with Crippen LogP contribution < -0.4 is 10.5 Å². The highest BCUT2D eigenvalue weighted by Gasteiger charge is 2.13. The Morgan fingerprint density at radius 3 is 2.81 bits per heavy atom. The molecule has 0 saturated carbocycles. The van der Waals surface area contributed by atoms with Gasteiger partial charge in [0.15, 0.2) is 5.84 Å². The molecule has 16 heavy (non-hydrogen) atoms. The van der Waals surface area contributed by atoms with Gasteiger partial charge in [0.2, 0.25) is 10.0 Å². The quantitative estimate of drug-likeness (QED) is 0.300. The average Bonchev–Trinajstić information content (AvgIpc) is 2.26. The number of benzene rings is 1. The Kier molecular flexibility index (Phi) is 3.86. The molecule has 6 nitrogen and oxygen atoms in total. The van der Waals surface area contributed by atoms with Gasteiger partial charge in [0.1, 0.15) is 0 Å². The lowest BCUT2D eigenvalue weighted by molar-refractivity contribution is 0.317. The maximum absolute atomic E-state index is 11.7. The molecule has 0 bridgehead atoms. The van der Waals surface area contributed by atoms with Gasteiger partial charge in [0, 0.05) is 0 Å². The Balaban J connectivity index is 2.87. The van der Waals surface area contributed by atoms with Crippen molar-refractivity contribution in [3.63, 3.8) is 0 Å². The minimum atomic E-state index is -3.61. The molecule has 88 valence electrons. The fraction of sp³-hybridized carbons (Fsp3) is 0.222. The van der Waals surface area contributed by atoms with E-state index in [0.29, 0.717) is 0 Å². The molecule has 0 aliphatic rings. The number of hydrogen-bond acceptors (Lipinski definition) is 4. The molecular weight excluding hydrogens is 230 g/mol. The predicted octanol–water partition coefficient (Wildman–Crippen LogP) is 0.0197. The summed E-state index contributed by atoms with van der Waals surface area (Å²) in [5.74, 6) is -0.198. The third-order valence-electron chi connectivity index (χ3n) is 1.87. The first-order chi connectivity index (χ1) is 7.45. The highest BCUT2D eigenvalue weighted by Crippen LogP contribution is 2.09. The van der Waals surface area contributed by atoms with Crippen molar-refractivity contribution in [2.24, 2.45) is 10.9 Å². The summed E-state index contributed by atoms with van der Waals surface area (Å²) in [5, 5.41) is 10.9. The normalized spacial score (nSPS) is 12.7. The second-order valence-electron chi connectivity index (χ2n) is 3.23. The van der Waals surface area contributed by atoms with E-state index < -0.39 is 10.0 Å². The second-order valence-corrected chi connectivity index (χ2v) is 5.00. The average molecular weight is 243 g/mol. The zero-order valence-corrected chi connectivity index (χ0v) is 9.53. The summed E-state index contributed by atoms with van der Waals surface area (Å²) in [7, 11) is -3.61. The van der Waals surface area contributed by atoms with Crippen LogP contribution in [0.1, 0.15) is 5.56 Å². The van der Waals surface area contributed by atoms with Crippen molar-refractivity contribution in [1.82, 2.24) is 4.72 Å². The number of nitrogens with zero attached hydrogens (tertiary/aromatic N) is 1. The van der Waals surface area contributed by atoms with Gasteiger partial charge in [-0.3, -0.25) is 0 Å². The molecule has 0 aromatic heterocycles. The number of nitrogens with two attached hydrogens (primary N) is 1. The fourth-order valence-electron chi connectivity index (χ4n) is 1.07. The molecule has 0 amide bonds.